The van der Waals surface area contributed by atoms with Crippen LogP contribution in [0.1, 0.15) is 18.6 Å². The van der Waals surface area contributed by atoms with Crippen LogP contribution in [0, 0.1) is 0 Å². The van der Waals surface area contributed by atoms with Gasteiger partial charge >= 0.3 is 0 Å². The first-order valence-electron chi connectivity index (χ1n) is 4.53. The molecule has 2 aromatic rings. The van der Waals surface area contributed by atoms with Crippen LogP contribution in [0.15, 0.2) is 26.5 Å². The lowest BCUT2D eigenvalue weighted by Crippen LogP contribution is -1.96. The Morgan fingerprint density at radius 2 is 2.40 bits per heavy atom. The third-order valence-corrected chi connectivity index (χ3v) is 3.68. The van der Waals surface area contributed by atoms with Gasteiger partial charge in [0, 0.05) is 5.92 Å². The van der Waals surface area contributed by atoms with Crippen LogP contribution in [0.25, 0.3) is 10.8 Å². The zero-order valence-electron chi connectivity index (χ0n) is 8.11. The Morgan fingerprint density at radius 1 is 1.60 bits per heavy atom. The molecule has 1 N–H and O–H groups in total. The Morgan fingerprint density at radius 3 is 3.00 bits per heavy atom. The number of rotatable bonds is 3. The molecule has 2 heterocycles. The van der Waals surface area contributed by atoms with Crippen molar-refractivity contribution in [1.29, 1.82) is 0 Å². The zero-order valence-corrected chi connectivity index (χ0v) is 10.5. The maximum atomic E-state index is 8.98. The van der Waals surface area contributed by atoms with Crippen LogP contribution in [-0.2, 0) is 0 Å². The van der Waals surface area contributed by atoms with E-state index in [-0.39, 0.29) is 12.5 Å². The van der Waals surface area contributed by atoms with E-state index in [0.29, 0.717) is 5.89 Å². The molecule has 0 amide bonds. The van der Waals surface area contributed by atoms with E-state index in [1.807, 2.05) is 19.1 Å². The highest BCUT2D eigenvalue weighted by Gasteiger charge is 2.13. The fourth-order valence-electron chi connectivity index (χ4n) is 1.15. The van der Waals surface area contributed by atoms with Crippen LogP contribution in [0.2, 0.25) is 0 Å². The van der Waals surface area contributed by atoms with Crippen LogP contribution < -0.4 is 0 Å². The highest BCUT2D eigenvalue weighted by Crippen LogP contribution is 2.31. The van der Waals surface area contributed by atoms with Crippen molar-refractivity contribution < 1.29 is 9.52 Å². The zero-order chi connectivity index (χ0) is 10.8. The van der Waals surface area contributed by atoms with Gasteiger partial charge in [0.05, 0.1) is 21.5 Å². The van der Waals surface area contributed by atoms with Crippen LogP contribution >= 0.6 is 27.3 Å². The molecule has 1 unspecified atom stereocenters. The van der Waals surface area contributed by atoms with Gasteiger partial charge < -0.3 is 9.52 Å². The molecule has 3 nitrogen and oxygen atoms in total. The molecule has 1 atom stereocenters. The summed E-state index contributed by atoms with van der Waals surface area (Å²) in [5.41, 5.74) is 0. The highest BCUT2D eigenvalue weighted by molar-refractivity contribution is 9.11. The summed E-state index contributed by atoms with van der Waals surface area (Å²) >= 11 is 4.96. The third kappa shape index (κ3) is 2.30. The number of oxazole rings is 1. The van der Waals surface area contributed by atoms with Gasteiger partial charge in [-0.2, -0.15) is 0 Å². The molecule has 0 saturated carbocycles. The Labute approximate surface area is 99.9 Å². The molecule has 0 fully saturated rings. The molecule has 80 valence electrons. The molecular formula is C10H10BrNO2S. The second-order valence-corrected chi connectivity index (χ2v) is 5.72. The monoisotopic (exact) mass is 287 g/mol. The highest BCUT2D eigenvalue weighted by atomic mass is 79.9. The predicted molar refractivity (Wildman–Crippen MR) is 63.0 cm³/mol. The van der Waals surface area contributed by atoms with Crippen molar-refractivity contribution in [2.75, 3.05) is 6.61 Å². The summed E-state index contributed by atoms with van der Waals surface area (Å²) in [5, 5.41) is 8.98. The summed E-state index contributed by atoms with van der Waals surface area (Å²) in [6.45, 7) is 1.97. The first kappa shape index (κ1) is 10.9. The minimum Gasteiger partial charge on any atom is -0.440 e. The van der Waals surface area contributed by atoms with Gasteiger partial charge in [0.2, 0.25) is 5.89 Å². The molecule has 0 saturated heterocycles. The Hall–Kier alpha value is -0.650. The summed E-state index contributed by atoms with van der Waals surface area (Å²) in [5.74, 6) is 1.33. The van der Waals surface area contributed by atoms with Crippen molar-refractivity contribution in [1.82, 2.24) is 4.98 Å². The first-order valence-corrected chi connectivity index (χ1v) is 6.14. The second-order valence-electron chi connectivity index (χ2n) is 3.26. The standard InChI is InChI=1S/C10H10BrNO2S/c1-6(5-13)7-4-12-10(14-7)8-2-3-9(11)15-8/h2-4,6,13H,5H2,1H3. The molecule has 0 spiro atoms. The molecule has 15 heavy (non-hydrogen) atoms. The van der Waals surface area contributed by atoms with Crippen molar-refractivity contribution in [2.45, 2.75) is 12.8 Å². The molecule has 0 aliphatic carbocycles. The van der Waals surface area contributed by atoms with Gasteiger partial charge in [-0.05, 0) is 28.1 Å². The topological polar surface area (TPSA) is 46.3 Å². The maximum absolute atomic E-state index is 8.98. The summed E-state index contributed by atoms with van der Waals surface area (Å²) in [6, 6.07) is 3.91. The van der Waals surface area contributed by atoms with Gasteiger partial charge in [0.1, 0.15) is 5.76 Å². The number of hydrogen-bond donors (Lipinski definition) is 1. The van der Waals surface area contributed by atoms with E-state index in [1.54, 1.807) is 17.5 Å². The minimum absolute atomic E-state index is 0.00495. The van der Waals surface area contributed by atoms with Crippen molar-refractivity contribution in [2.24, 2.45) is 0 Å². The van der Waals surface area contributed by atoms with E-state index in [1.165, 1.54) is 0 Å². The normalized spacial score (nSPS) is 13.0. The molecule has 2 aromatic heterocycles. The number of aliphatic hydroxyl groups excluding tert-OH is 1. The number of halogens is 1. The smallest absolute Gasteiger partial charge is 0.236 e. The number of nitrogens with zero attached hydrogens (tertiary/aromatic N) is 1. The molecule has 5 heteroatoms. The van der Waals surface area contributed by atoms with E-state index < -0.39 is 0 Å². The molecule has 0 aromatic carbocycles. The summed E-state index contributed by atoms with van der Waals surface area (Å²) < 4.78 is 6.60. The molecular weight excluding hydrogens is 278 g/mol. The minimum atomic E-state index is -0.00495. The van der Waals surface area contributed by atoms with Crippen molar-refractivity contribution in [3.05, 3.63) is 27.9 Å². The van der Waals surface area contributed by atoms with E-state index >= 15 is 0 Å². The molecule has 0 radical (unpaired) electrons. The summed E-state index contributed by atoms with van der Waals surface area (Å²) in [4.78, 5) is 5.17. The van der Waals surface area contributed by atoms with E-state index in [4.69, 9.17) is 9.52 Å². The summed E-state index contributed by atoms with van der Waals surface area (Å²) in [7, 11) is 0. The Balaban J connectivity index is 2.27. The van der Waals surface area contributed by atoms with Crippen LogP contribution in [0.4, 0.5) is 0 Å². The van der Waals surface area contributed by atoms with E-state index in [0.717, 1.165) is 14.4 Å². The quantitative estimate of drug-likeness (QED) is 0.943. The SMILES string of the molecule is CC(CO)c1cnc(-c2ccc(Br)s2)o1. The van der Waals surface area contributed by atoms with Crippen molar-refractivity contribution in [3.8, 4) is 10.8 Å². The fourth-order valence-corrected chi connectivity index (χ4v) is 2.47. The predicted octanol–water partition coefficient (Wildman–Crippen LogP) is 3.26. The van der Waals surface area contributed by atoms with E-state index in [9.17, 15) is 0 Å². The number of aromatic nitrogens is 1. The first-order chi connectivity index (χ1) is 7.20. The Bertz CT molecular complexity index is 452. The second kappa shape index (κ2) is 4.47. The van der Waals surface area contributed by atoms with Crippen molar-refractivity contribution >= 4 is 27.3 Å². The molecule has 0 aliphatic rings. The lowest BCUT2D eigenvalue weighted by Gasteiger charge is -2.00. The average molecular weight is 288 g/mol. The largest absolute Gasteiger partial charge is 0.440 e. The van der Waals surface area contributed by atoms with Crippen LogP contribution in [-0.4, -0.2) is 16.7 Å². The van der Waals surface area contributed by atoms with Crippen molar-refractivity contribution in [3.63, 3.8) is 0 Å². The molecule has 0 bridgehead atoms. The van der Waals surface area contributed by atoms with Crippen LogP contribution in [0.3, 0.4) is 0 Å². The number of thiophene rings is 1. The Kier molecular flexibility index (Phi) is 3.23. The molecule has 0 aliphatic heterocycles. The number of hydrogen-bond acceptors (Lipinski definition) is 4. The lowest BCUT2D eigenvalue weighted by atomic mass is 10.1. The van der Waals surface area contributed by atoms with Gasteiger partial charge in [0.25, 0.3) is 0 Å². The van der Waals surface area contributed by atoms with Gasteiger partial charge in [-0.25, -0.2) is 4.98 Å². The van der Waals surface area contributed by atoms with E-state index in [2.05, 4.69) is 20.9 Å². The van der Waals surface area contributed by atoms with Gasteiger partial charge in [0.15, 0.2) is 0 Å². The fraction of sp³-hybridized carbons (Fsp3) is 0.300. The van der Waals surface area contributed by atoms with Gasteiger partial charge in [-0.3, -0.25) is 0 Å². The maximum Gasteiger partial charge on any atom is 0.236 e. The lowest BCUT2D eigenvalue weighted by molar-refractivity contribution is 0.258. The molecule has 2 rings (SSSR count). The third-order valence-electron chi connectivity index (χ3n) is 2.07. The van der Waals surface area contributed by atoms with Gasteiger partial charge in [-0.1, -0.05) is 6.92 Å². The average Bonchev–Trinajstić information content (AvgIpc) is 2.84. The van der Waals surface area contributed by atoms with Crippen LogP contribution in [0.5, 0.6) is 0 Å². The number of aliphatic hydroxyl groups is 1. The summed E-state index contributed by atoms with van der Waals surface area (Å²) in [6.07, 6.45) is 1.67. The van der Waals surface area contributed by atoms with Gasteiger partial charge in [-0.15, -0.1) is 11.3 Å².